The van der Waals surface area contributed by atoms with Gasteiger partial charge >= 0.3 is 0 Å². The van der Waals surface area contributed by atoms with Crippen molar-refractivity contribution < 1.29 is 9.53 Å². The van der Waals surface area contributed by atoms with Gasteiger partial charge < -0.3 is 9.30 Å². The lowest BCUT2D eigenvalue weighted by Crippen LogP contribution is -2.46. The van der Waals surface area contributed by atoms with Crippen LogP contribution in [0.25, 0.3) is 0 Å². The highest BCUT2D eigenvalue weighted by molar-refractivity contribution is 5.96. The average Bonchev–Trinajstić information content (AvgIpc) is 2.87. The first kappa shape index (κ1) is 14.2. The highest BCUT2D eigenvalue weighted by Crippen LogP contribution is 2.12. The molecule has 1 unspecified atom stereocenters. The molecule has 0 aliphatic carbocycles. The minimum Gasteiger partial charge on any atom is -0.367 e. The Balaban J connectivity index is 2.04. The number of ketones is 1. The monoisotopic (exact) mass is 265 g/mol. The van der Waals surface area contributed by atoms with Crippen LogP contribution in [0.3, 0.4) is 0 Å². The van der Waals surface area contributed by atoms with Crippen LogP contribution >= 0.6 is 0 Å². The number of rotatable bonds is 6. The summed E-state index contributed by atoms with van der Waals surface area (Å²) in [6.07, 6.45) is 5.28. The second kappa shape index (κ2) is 6.82. The van der Waals surface area contributed by atoms with Crippen LogP contribution in [0, 0.1) is 0 Å². The van der Waals surface area contributed by atoms with E-state index in [1.54, 1.807) is 6.20 Å². The molecule has 1 aliphatic heterocycles. The van der Waals surface area contributed by atoms with Crippen molar-refractivity contribution in [1.29, 1.82) is 0 Å². The molecule has 5 nitrogen and oxygen atoms in total. The van der Waals surface area contributed by atoms with Crippen molar-refractivity contribution in [2.24, 2.45) is 0 Å². The number of ether oxygens (including phenoxy) is 1. The number of morpholine rings is 1. The Morgan fingerprint density at radius 2 is 2.21 bits per heavy atom. The summed E-state index contributed by atoms with van der Waals surface area (Å²) in [6.45, 7) is 8.33. The van der Waals surface area contributed by atoms with Gasteiger partial charge in [0.15, 0.2) is 5.82 Å². The first-order chi connectivity index (χ1) is 9.26. The van der Waals surface area contributed by atoms with E-state index in [1.165, 1.54) is 0 Å². The molecule has 1 aromatic rings. The molecule has 5 heteroatoms. The maximum atomic E-state index is 12.5. The van der Waals surface area contributed by atoms with E-state index in [0.717, 1.165) is 32.5 Å². The molecule has 2 rings (SSSR count). The van der Waals surface area contributed by atoms with Gasteiger partial charge in [-0.25, -0.2) is 4.98 Å². The molecule has 0 aromatic carbocycles. The van der Waals surface area contributed by atoms with Gasteiger partial charge in [-0.3, -0.25) is 9.69 Å². The Morgan fingerprint density at radius 3 is 2.95 bits per heavy atom. The molecule has 106 valence electrons. The molecule has 0 N–H and O–H groups in total. The van der Waals surface area contributed by atoms with Crippen LogP contribution in [-0.4, -0.2) is 52.6 Å². The van der Waals surface area contributed by atoms with Crippen LogP contribution < -0.4 is 0 Å². The first-order valence-corrected chi connectivity index (χ1v) is 7.15. The molecule has 0 amide bonds. The summed E-state index contributed by atoms with van der Waals surface area (Å²) < 4.78 is 7.55. The van der Waals surface area contributed by atoms with Crippen molar-refractivity contribution in [2.75, 3.05) is 26.2 Å². The normalized spacial score (nSPS) is 20.6. The molecule has 1 aromatic heterocycles. The lowest BCUT2D eigenvalue weighted by Gasteiger charge is -2.31. The number of carbonyl (C=O) groups excluding carboxylic acids is 1. The molecular formula is C14H23N3O2. The fourth-order valence-electron chi connectivity index (χ4n) is 2.48. The summed E-state index contributed by atoms with van der Waals surface area (Å²) in [6, 6.07) is 0. The zero-order valence-electron chi connectivity index (χ0n) is 11.8. The molecule has 0 bridgehead atoms. The van der Waals surface area contributed by atoms with Crippen LogP contribution in [0.1, 0.15) is 37.3 Å². The van der Waals surface area contributed by atoms with E-state index < -0.39 is 0 Å². The molecule has 1 aliphatic rings. The zero-order chi connectivity index (χ0) is 13.7. The van der Waals surface area contributed by atoms with Crippen molar-refractivity contribution in [3.8, 4) is 0 Å². The van der Waals surface area contributed by atoms with Gasteiger partial charge in [0.2, 0.25) is 5.78 Å². The van der Waals surface area contributed by atoms with Gasteiger partial charge in [0.1, 0.15) is 6.10 Å². The van der Waals surface area contributed by atoms with Crippen LogP contribution in [0.5, 0.6) is 0 Å². The quantitative estimate of drug-likeness (QED) is 0.733. The molecular weight excluding hydrogens is 242 g/mol. The number of hydrogen-bond donors (Lipinski definition) is 0. The van der Waals surface area contributed by atoms with E-state index in [0.29, 0.717) is 19.0 Å². The lowest BCUT2D eigenvalue weighted by molar-refractivity contribution is -0.0170. The van der Waals surface area contributed by atoms with Gasteiger partial charge in [-0.05, 0) is 19.4 Å². The summed E-state index contributed by atoms with van der Waals surface area (Å²) in [5, 5.41) is 0. The third-order valence-electron chi connectivity index (χ3n) is 3.38. The topological polar surface area (TPSA) is 47.4 Å². The van der Waals surface area contributed by atoms with Crippen molar-refractivity contribution in [3.63, 3.8) is 0 Å². The van der Waals surface area contributed by atoms with Gasteiger partial charge in [0.05, 0.1) is 6.61 Å². The molecule has 1 fully saturated rings. The fourth-order valence-corrected chi connectivity index (χ4v) is 2.48. The predicted molar refractivity (Wildman–Crippen MR) is 73.3 cm³/mol. The SMILES string of the molecule is CCCN1CCOC(C(=O)c2nccn2CCC)C1. The number of carbonyl (C=O) groups is 1. The Kier molecular flexibility index (Phi) is 5.10. The van der Waals surface area contributed by atoms with Crippen molar-refractivity contribution in [3.05, 3.63) is 18.2 Å². The summed E-state index contributed by atoms with van der Waals surface area (Å²) in [4.78, 5) is 19.0. The van der Waals surface area contributed by atoms with Crippen LogP contribution in [-0.2, 0) is 11.3 Å². The molecule has 0 saturated carbocycles. The van der Waals surface area contributed by atoms with Gasteiger partial charge in [-0.1, -0.05) is 13.8 Å². The lowest BCUT2D eigenvalue weighted by atomic mass is 10.1. The van der Waals surface area contributed by atoms with Crippen LogP contribution in [0.2, 0.25) is 0 Å². The number of aromatic nitrogens is 2. The fraction of sp³-hybridized carbons (Fsp3) is 0.714. The average molecular weight is 265 g/mol. The molecule has 1 saturated heterocycles. The van der Waals surface area contributed by atoms with E-state index in [1.807, 2.05) is 10.8 Å². The zero-order valence-corrected chi connectivity index (χ0v) is 11.8. The van der Waals surface area contributed by atoms with E-state index >= 15 is 0 Å². The smallest absolute Gasteiger partial charge is 0.228 e. The highest BCUT2D eigenvalue weighted by Gasteiger charge is 2.29. The summed E-state index contributed by atoms with van der Waals surface area (Å²) in [5.74, 6) is 0.546. The van der Waals surface area contributed by atoms with Crippen molar-refractivity contribution in [1.82, 2.24) is 14.5 Å². The third kappa shape index (κ3) is 3.42. The Hall–Kier alpha value is -1.20. The molecule has 0 radical (unpaired) electrons. The van der Waals surface area contributed by atoms with E-state index in [4.69, 9.17) is 4.74 Å². The minimum absolute atomic E-state index is 0.0132. The highest BCUT2D eigenvalue weighted by atomic mass is 16.5. The number of hydrogen-bond acceptors (Lipinski definition) is 4. The molecule has 1 atom stereocenters. The van der Waals surface area contributed by atoms with Gasteiger partial charge in [0.25, 0.3) is 0 Å². The standard InChI is InChI=1S/C14H23N3O2/c1-3-6-16-9-10-19-12(11-16)13(18)14-15-5-8-17(14)7-4-2/h5,8,12H,3-4,6-7,9-11H2,1-2H3. The summed E-state index contributed by atoms with van der Waals surface area (Å²) in [7, 11) is 0. The summed E-state index contributed by atoms with van der Waals surface area (Å²) >= 11 is 0. The Labute approximate surface area is 114 Å². The van der Waals surface area contributed by atoms with E-state index in [9.17, 15) is 4.79 Å². The van der Waals surface area contributed by atoms with E-state index in [2.05, 4.69) is 23.7 Å². The second-order valence-electron chi connectivity index (χ2n) is 4.97. The largest absolute Gasteiger partial charge is 0.367 e. The van der Waals surface area contributed by atoms with Gasteiger partial charge in [-0.2, -0.15) is 0 Å². The molecule has 19 heavy (non-hydrogen) atoms. The third-order valence-corrected chi connectivity index (χ3v) is 3.38. The van der Waals surface area contributed by atoms with E-state index in [-0.39, 0.29) is 11.9 Å². The van der Waals surface area contributed by atoms with Crippen LogP contribution in [0.15, 0.2) is 12.4 Å². The number of nitrogens with zero attached hydrogens (tertiary/aromatic N) is 3. The maximum absolute atomic E-state index is 12.5. The number of aryl methyl sites for hydroxylation is 1. The number of imidazole rings is 1. The van der Waals surface area contributed by atoms with Crippen LogP contribution in [0.4, 0.5) is 0 Å². The second-order valence-corrected chi connectivity index (χ2v) is 4.97. The minimum atomic E-state index is -0.363. The van der Waals surface area contributed by atoms with Gasteiger partial charge in [0, 0.05) is 32.0 Å². The Bertz CT molecular complexity index is 415. The number of Topliss-reactive ketones (excluding diaryl/α,β-unsaturated/α-hetero) is 1. The Morgan fingerprint density at radius 1 is 1.42 bits per heavy atom. The predicted octanol–water partition coefficient (Wildman–Crippen LogP) is 1.59. The van der Waals surface area contributed by atoms with Crippen molar-refractivity contribution in [2.45, 2.75) is 39.3 Å². The van der Waals surface area contributed by atoms with Gasteiger partial charge in [-0.15, -0.1) is 0 Å². The first-order valence-electron chi connectivity index (χ1n) is 7.15. The maximum Gasteiger partial charge on any atom is 0.228 e. The van der Waals surface area contributed by atoms with Crippen molar-refractivity contribution >= 4 is 5.78 Å². The molecule has 2 heterocycles. The molecule has 0 spiro atoms. The summed E-state index contributed by atoms with van der Waals surface area (Å²) in [5.41, 5.74) is 0.